The van der Waals surface area contributed by atoms with E-state index < -0.39 is 35.0 Å². The van der Waals surface area contributed by atoms with Crippen molar-refractivity contribution < 1.29 is 23.1 Å². The van der Waals surface area contributed by atoms with E-state index in [0.29, 0.717) is 4.47 Å². The zero-order chi connectivity index (χ0) is 14.5. The van der Waals surface area contributed by atoms with Crippen LogP contribution in [0.4, 0.5) is 0 Å². The summed E-state index contributed by atoms with van der Waals surface area (Å²) in [4.78, 5) is 25.0. The molecule has 1 amide bonds. The maximum atomic E-state index is 11.8. The van der Waals surface area contributed by atoms with Crippen molar-refractivity contribution in [1.82, 2.24) is 15.0 Å². The second-order valence-corrected chi connectivity index (χ2v) is 6.02. The van der Waals surface area contributed by atoms with Gasteiger partial charge in [0, 0.05) is 16.9 Å². The van der Waals surface area contributed by atoms with Gasteiger partial charge in [-0.1, -0.05) is 0 Å². The van der Waals surface area contributed by atoms with Gasteiger partial charge in [-0.3, -0.25) is 14.6 Å². The summed E-state index contributed by atoms with van der Waals surface area (Å²) in [6.45, 7) is -1.12. The highest BCUT2D eigenvalue weighted by Crippen LogP contribution is 2.13. The van der Waals surface area contributed by atoms with Crippen molar-refractivity contribution in [3.8, 4) is 0 Å². The number of carbonyl (C=O) groups is 2. The summed E-state index contributed by atoms with van der Waals surface area (Å²) >= 11 is 3.08. The Morgan fingerprint density at radius 3 is 2.58 bits per heavy atom. The molecular formula is C9H10BrN3O5S. The van der Waals surface area contributed by atoms with Gasteiger partial charge in [-0.2, -0.15) is 0 Å². The molecule has 0 aromatic carbocycles. The summed E-state index contributed by atoms with van der Waals surface area (Å²) in [5.41, 5.74) is 0. The van der Waals surface area contributed by atoms with Crippen molar-refractivity contribution in [2.45, 2.75) is 4.90 Å². The first-order valence-electron chi connectivity index (χ1n) is 4.90. The molecule has 0 aliphatic rings. The molecule has 0 aliphatic carbocycles. The molecule has 19 heavy (non-hydrogen) atoms. The second kappa shape index (κ2) is 6.59. The molecule has 104 valence electrons. The lowest BCUT2D eigenvalue weighted by Crippen LogP contribution is -2.39. The number of carbonyl (C=O) groups excluding carboxylic acids is 1. The SMILES string of the molecule is O=C(O)CNC(=O)CNS(=O)(=O)c1cncc(Br)c1. The maximum Gasteiger partial charge on any atom is 0.322 e. The lowest BCUT2D eigenvalue weighted by atomic mass is 10.5. The molecular weight excluding hydrogens is 342 g/mol. The van der Waals surface area contributed by atoms with Gasteiger partial charge in [0.05, 0.1) is 6.54 Å². The van der Waals surface area contributed by atoms with E-state index in [0.717, 1.165) is 6.20 Å². The minimum atomic E-state index is -3.87. The Kier molecular flexibility index (Phi) is 5.39. The number of pyridine rings is 1. The standard InChI is InChI=1S/C9H10BrN3O5S/c10-6-1-7(3-11-2-6)19(17,18)13-4-8(14)12-5-9(15)16/h1-3,13H,4-5H2,(H,12,14)(H,15,16). The number of carboxylic acids is 1. The highest BCUT2D eigenvalue weighted by Gasteiger charge is 2.16. The van der Waals surface area contributed by atoms with E-state index >= 15 is 0 Å². The van der Waals surface area contributed by atoms with Crippen LogP contribution in [0.1, 0.15) is 0 Å². The normalized spacial score (nSPS) is 11.0. The zero-order valence-corrected chi connectivity index (χ0v) is 11.9. The quantitative estimate of drug-likeness (QED) is 0.623. The van der Waals surface area contributed by atoms with Gasteiger partial charge in [-0.25, -0.2) is 13.1 Å². The van der Waals surface area contributed by atoms with Crippen molar-refractivity contribution in [3.63, 3.8) is 0 Å². The number of hydrogen-bond donors (Lipinski definition) is 3. The fourth-order valence-corrected chi connectivity index (χ4v) is 2.51. The van der Waals surface area contributed by atoms with Gasteiger partial charge in [-0.05, 0) is 22.0 Å². The van der Waals surface area contributed by atoms with E-state index in [4.69, 9.17) is 5.11 Å². The molecule has 8 nitrogen and oxygen atoms in total. The van der Waals surface area contributed by atoms with Crippen LogP contribution in [0.3, 0.4) is 0 Å². The molecule has 0 atom stereocenters. The summed E-state index contributed by atoms with van der Waals surface area (Å²) in [7, 11) is -3.87. The molecule has 1 heterocycles. The molecule has 1 aromatic rings. The number of nitrogens with one attached hydrogen (secondary N) is 2. The lowest BCUT2D eigenvalue weighted by molar-refractivity contribution is -0.137. The van der Waals surface area contributed by atoms with Crippen molar-refractivity contribution in [3.05, 3.63) is 22.9 Å². The summed E-state index contributed by atoms with van der Waals surface area (Å²) in [5.74, 6) is -1.96. The van der Waals surface area contributed by atoms with Crippen molar-refractivity contribution in [2.24, 2.45) is 0 Å². The topological polar surface area (TPSA) is 125 Å². The minimum absolute atomic E-state index is 0.104. The highest BCUT2D eigenvalue weighted by molar-refractivity contribution is 9.10. The second-order valence-electron chi connectivity index (χ2n) is 3.33. The largest absolute Gasteiger partial charge is 0.480 e. The van der Waals surface area contributed by atoms with Gasteiger partial charge in [0.15, 0.2) is 0 Å². The molecule has 0 saturated heterocycles. The van der Waals surface area contributed by atoms with Crippen molar-refractivity contribution in [2.75, 3.05) is 13.1 Å². The molecule has 0 aliphatic heterocycles. The van der Waals surface area contributed by atoms with Gasteiger partial charge >= 0.3 is 5.97 Å². The molecule has 0 fully saturated rings. The van der Waals surface area contributed by atoms with E-state index in [1.165, 1.54) is 12.3 Å². The number of amides is 1. The number of nitrogens with zero attached hydrogens (tertiary/aromatic N) is 1. The van der Waals surface area contributed by atoms with E-state index in [1.807, 2.05) is 10.0 Å². The van der Waals surface area contributed by atoms with Crippen molar-refractivity contribution in [1.29, 1.82) is 0 Å². The van der Waals surface area contributed by atoms with Crippen LogP contribution in [-0.2, 0) is 19.6 Å². The number of hydrogen-bond acceptors (Lipinski definition) is 5. The minimum Gasteiger partial charge on any atom is -0.480 e. The van der Waals surface area contributed by atoms with Gasteiger partial charge < -0.3 is 10.4 Å². The van der Waals surface area contributed by atoms with Gasteiger partial charge in [0.25, 0.3) is 0 Å². The molecule has 0 unspecified atom stereocenters. The molecule has 3 N–H and O–H groups in total. The molecule has 0 spiro atoms. The Morgan fingerprint density at radius 1 is 1.32 bits per heavy atom. The van der Waals surface area contributed by atoms with Crippen LogP contribution < -0.4 is 10.0 Å². The zero-order valence-electron chi connectivity index (χ0n) is 9.46. The summed E-state index contributed by atoms with van der Waals surface area (Å²) in [6, 6.07) is 1.32. The number of halogens is 1. The number of aliphatic carboxylic acids is 1. The number of aromatic nitrogens is 1. The van der Waals surface area contributed by atoms with E-state index in [1.54, 1.807) is 0 Å². The fourth-order valence-electron chi connectivity index (χ4n) is 1.02. The molecule has 0 bridgehead atoms. The monoisotopic (exact) mass is 351 g/mol. The van der Waals surface area contributed by atoms with E-state index in [2.05, 4.69) is 20.9 Å². The van der Waals surface area contributed by atoms with E-state index in [-0.39, 0.29) is 4.90 Å². The third-order valence-corrected chi connectivity index (χ3v) is 3.65. The Hall–Kier alpha value is -1.52. The van der Waals surface area contributed by atoms with Crippen LogP contribution >= 0.6 is 15.9 Å². The third-order valence-electron chi connectivity index (χ3n) is 1.85. The Balaban J connectivity index is 2.61. The average Bonchev–Trinajstić information content (AvgIpc) is 2.34. The number of rotatable bonds is 6. The van der Waals surface area contributed by atoms with Crippen LogP contribution in [0.25, 0.3) is 0 Å². The van der Waals surface area contributed by atoms with Crippen LogP contribution in [0.15, 0.2) is 27.8 Å². The predicted octanol–water partition coefficient (Wildman–Crippen LogP) is -0.677. The van der Waals surface area contributed by atoms with E-state index in [9.17, 15) is 18.0 Å². The summed E-state index contributed by atoms with van der Waals surface area (Å²) in [6.07, 6.45) is 2.54. The smallest absolute Gasteiger partial charge is 0.322 e. The van der Waals surface area contributed by atoms with Gasteiger partial charge in [0.1, 0.15) is 11.4 Å². The van der Waals surface area contributed by atoms with Crippen LogP contribution in [0.5, 0.6) is 0 Å². The molecule has 1 aromatic heterocycles. The lowest BCUT2D eigenvalue weighted by Gasteiger charge is -2.06. The fraction of sp³-hybridized carbons (Fsp3) is 0.222. The van der Waals surface area contributed by atoms with Gasteiger partial charge in [0.2, 0.25) is 15.9 Å². The average molecular weight is 352 g/mol. The molecule has 0 saturated carbocycles. The summed E-state index contributed by atoms with van der Waals surface area (Å²) < 4.78 is 26.0. The molecule has 0 radical (unpaired) electrons. The Bertz CT molecular complexity index is 589. The third kappa shape index (κ3) is 5.32. The van der Waals surface area contributed by atoms with Crippen LogP contribution in [-0.4, -0.2) is 43.5 Å². The first-order valence-corrected chi connectivity index (χ1v) is 7.17. The van der Waals surface area contributed by atoms with Gasteiger partial charge in [-0.15, -0.1) is 0 Å². The number of sulfonamides is 1. The first-order chi connectivity index (χ1) is 8.81. The number of carboxylic acid groups (broad SMARTS) is 1. The maximum absolute atomic E-state index is 11.8. The van der Waals surface area contributed by atoms with Crippen LogP contribution in [0, 0.1) is 0 Å². The Labute approximate surface area is 117 Å². The molecule has 1 rings (SSSR count). The summed E-state index contributed by atoms with van der Waals surface area (Å²) in [5, 5.41) is 10.4. The van der Waals surface area contributed by atoms with Crippen molar-refractivity contribution >= 4 is 37.8 Å². The first kappa shape index (κ1) is 15.5. The molecule has 10 heteroatoms. The predicted molar refractivity (Wildman–Crippen MR) is 67.8 cm³/mol. The highest BCUT2D eigenvalue weighted by atomic mass is 79.9. The Morgan fingerprint density at radius 2 is 2.00 bits per heavy atom. The van der Waals surface area contributed by atoms with Crippen LogP contribution in [0.2, 0.25) is 0 Å².